The molecular formula is C15H17ClF2O. The van der Waals surface area contributed by atoms with Crippen molar-refractivity contribution in [2.75, 3.05) is 7.11 Å². The lowest BCUT2D eigenvalue weighted by atomic mass is 9.83. The zero-order valence-electron chi connectivity index (χ0n) is 10.8. The van der Waals surface area contributed by atoms with Crippen LogP contribution in [0.1, 0.15) is 36.6 Å². The molecule has 1 nitrogen and oxygen atoms in total. The summed E-state index contributed by atoms with van der Waals surface area (Å²) in [6, 6.07) is 2.42. The summed E-state index contributed by atoms with van der Waals surface area (Å²) in [6.07, 6.45) is 4.58. The van der Waals surface area contributed by atoms with E-state index in [4.69, 9.17) is 16.3 Å². The summed E-state index contributed by atoms with van der Waals surface area (Å²) >= 11 is 6.39. The van der Waals surface area contributed by atoms with E-state index >= 15 is 0 Å². The first-order valence-electron chi connectivity index (χ1n) is 6.77. The van der Waals surface area contributed by atoms with Crippen LogP contribution >= 0.6 is 11.6 Å². The van der Waals surface area contributed by atoms with Gasteiger partial charge in [-0.25, -0.2) is 8.78 Å². The van der Waals surface area contributed by atoms with Crippen LogP contribution in [0.4, 0.5) is 8.78 Å². The molecule has 0 aromatic heterocycles. The first kappa shape index (κ1) is 13.2. The molecule has 0 spiro atoms. The number of hydrogen-bond acceptors (Lipinski definition) is 1. The molecule has 3 rings (SSSR count). The van der Waals surface area contributed by atoms with E-state index in [2.05, 4.69) is 0 Å². The quantitative estimate of drug-likeness (QED) is 0.733. The van der Waals surface area contributed by atoms with E-state index in [1.54, 1.807) is 0 Å². The maximum absolute atomic E-state index is 14.0. The molecule has 2 fully saturated rings. The second-order valence-corrected chi connectivity index (χ2v) is 6.22. The van der Waals surface area contributed by atoms with Crippen molar-refractivity contribution >= 4 is 11.6 Å². The molecule has 0 radical (unpaired) electrons. The average Bonchev–Trinajstić information content (AvgIpc) is 2.99. The highest BCUT2D eigenvalue weighted by atomic mass is 35.5. The Morgan fingerprint density at radius 2 is 1.89 bits per heavy atom. The Balaban J connectivity index is 1.89. The van der Waals surface area contributed by atoms with Crippen LogP contribution in [-0.2, 0) is 0 Å². The zero-order valence-corrected chi connectivity index (χ0v) is 11.6. The standard InChI is InChI=1S/C15H17ClF2O/c1-19-10-6-12(17)14(13(18)7-10)15(16)11-5-8-2-3-9(11)4-8/h6-9,11,15H,2-5H2,1H3. The topological polar surface area (TPSA) is 9.23 Å². The Hall–Kier alpha value is -0.830. The van der Waals surface area contributed by atoms with Crippen LogP contribution < -0.4 is 4.74 Å². The number of fused-ring (bicyclic) bond motifs is 2. The number of rotatable bonds is 3. The van der Waals surface area contributed by atoms with Crippen LogP contribution in [0.15, 0.2) is 12.1 Å². The van der Waals surface area contributed by atoms with Gasteiger partial charge in [-0.05, 0) is 37.0 Å². The fraction of sp³-hybridized carbons (Fsp3) is 0.600. The highest BCUT2D eigenvalue weighted by molar-refractivity contribution is 6.21. The highest BCUT2D eigenvalue weighted by Crippen LogP contribution is 2.54. The van der Waals surface area contributed by atoms with E-state index in [1.165, 1.54) is 32.1 Å². The van der Waals surface area contributed by atoms with E-state index in [9.17, 15) is 8.78 Å². The molecule has 19 heavy (non-hydrogen) atoms. The molecule has 0 saturated heterocycles. The van der Waals surface area contributed by atoms with E-state index in [0.717, 1.165) is 12.8 Å². The predicted molar refractivity (Wildman–Crippen MR) is 70.4 cm³/mol. The van der Waals surface area contributed by atoms with Crippen LogP contribution in [-0.4, -0.2) is 7.11 Å². The minimum atomic E-state index is -0.598. The van der Waals surface area contributed by atoms with Gasteiger partial charge in [0.15, 0.2) is 0 Å². The Morgan fingerprint density at radius 1 is 1.21 bits per heavy atom. The van der Waals surface area contributed by atoms with E-state index in [1.807, 2.05) is 0 Å². The minimum absolute atomic E-state index is 0.0139. The molecule has 4 heteroatoms. The van der Waals surface area contributed by atoms with Gasteiger partial charge in [-0.2, -0.15) is 0 Å². The van der Waals surface area contributed by atoms with Crippen molar-refractivity contribution < 1.29 is 13.5 Å². The second-order valence-electron chi connectivity index (χ2n) is 5.75. The van der Waals surface area contributed by atoms with Crippen LogP contribution in [0.3, 0.4) is 0 Å². The molecule has 1 aromatic carbocycles. The van der Waals surface area contributed by atoms with Crippen molar-refractivity contribution in [1.82, 2.24) is 0 Å². The molecular weight excluding hydrogens is 270 g/mol. The first-order valence-corrected chi connectivity index (χ1v) is 7.20. The first-order chi connectivity index (χ1) is 9.10. The largest absolute Gasteiger partial charge is 0.497 e. The molecule has 2 bridgehead atoms. The van der Waals surface area contributed by atoms with Crippen molar-refractivity contribution in [1.29, 1.82) is 0 Å². The third-order valence-electron chi connectivity index (χ3n) is 4.73. The van der Waals surface area contributed by atoms with Crippen LogP contribution in [0.25, 0.3) is 0 Å². The Labute approximate surface area is 116 Å². The molecule has 0 N–H and O–H groups in total. The summed E-state index contributed by atoms with van der Waals surface area (Å²) in [4.78, 5) is 0. The van der Waals surface area contributed by atoms with Crippen molar-refractivity contribution in [2.45, 2.75) is 31.1 Å². The molecule has 0 aliphatic heterocycles. The molecule has 0 amide bonds. The fourth-order valence-electron chi connectivity index (χ4n) is 3.81. The SMILES string of the molecule is COc1cc(F)c(C(Cl)C2CC3CCC2C3)c(F)c1. The van der Waals surface area contributed by atoms with Gasteiger partial charge in [0, 0.05) is 17.7 Å². The lowest BCUT2D eigenvalue weighted by molar-refractivity contribution is 0.315. The summed E-state index contributed by atoms with van der Waals surface area (Å²) in [6.45, 7) is 0. The fourth-order valence-corrected chi connectivity index (χ4v) is 4.33. The van der Waals surface area contributed by atoms with E-state index in [0.29, 0.717) is 11.8 Å². The molecule has 0 heterocycles. The van der Waals surface area contributed by atoms with Crippen molar-refractivity contribution in [2.24, 2.45) is 17.8 Å². The summed E-state index contributed by atoms with van der Waals surface area (Å²) in [5.41, 5.74) is 0.0139. The van der Waals surface area contributed by atoms with E-state index in [-0.39, 0.29) is 17.2 Å². The van der Waals surface area contributed by atoms with E-state index < -0.39 is 17.0 Å². The maximum Gasteiger partial charge on any atom is 0.134 e. The van der Waals surface area contributed by atoms with Gasteiger partial charge in [-0.3, -0.25) is 0 Å². The number of halogens is 3. The van der Waals surface area contributed by atoms with Gasteiger partial charge in [0.25, 0.3) is 0 Å². The zero-order chi connectivity index (χ0) is 13.6. The number of ether oxygens (including phenoxy) is 1. The average molecular weight is 287 g/mol. The van der Waals surface area contributed by atoms with Gasteiger partial charge in [-0.1, -0.05) is 6.42 Å². The summed E-state index contributed by atoms with van der Waals surface area (Å²) < 4.78 is 32.9. The third kappa shape index (κ3) is 2.22. The van der Waals surface area contributed by atoms with Crippen molar-refractivity contribution in [3.63, 3.8) is 0 Å². The van der Waals surface area contributed by atoms with Crippen molar-refractivity contribution in [3.8, 4) is 5.75 Å². The van der Waals surface area contributed by atoms with Gasteiger partial charge in [-0.15, -0.1) is 11.6 Å². The van der Waals surface area contributed by atoms with Gasteiger partial charge in [0.2, 0.25) is 0 Å². The molecule has 1 aromatic rings. The molecule has 2 aliphatic carbocycles. The Kier molecular flexibility index (Phi) is 3.42. The molecule has 104 valence electrons. The molecule has 2 saturated carbocycles. The highest BCUT2D eigenvalue weighted by Gasteiger charge is 2.44. The minimum Gasteiger partial charge on any atom is -0.497 e. The Bertz CT molecular complexity index is 468. The normalized spacial score (nSPS) is 30.6. The molecule has 2 aliphatic rings. The molecule has 4 unspecified atom stereocenters. The van der Waals surface area contributed by atoms with Crippen LogP contribution in [0, 0.1) is 29.4 Å². The van der Waals surface area contributed by atoms with Gasteiger partial charge in [0.1, 0.15) is 17.4 Å². The summed E-state index contributed by atoms with van der Waals surface area (Å²) in [5.74, 6) is 0.446. The maximum atomic E-state index is 14.0. The van der Waals surface area contributed by atoms with Gasteiger partial charge in [0.05, 0.1) is 12.5 Å². The van der Waals surface area contributed by atoms with Crippen LogP contribution in [0.2, 0.25) is 0 Å². The van der Waals surface area contributed by atoms with Crippen molar-refractivity contribution in [3.05, 3.63) is 29.3 Å². The number of hydrogen-bond donors (Lipinski definition) is 0. The smallest absolute Gasteiger partial charge is 0.134 e. The summed E-state index contributed by atoms with van der Waals surface area (Å²) in [7, 11) is 1.39. The molecule has 4 atom stereocenters. The number of alkyl halides is 1. The van der Waals surface area contributed by atoms with Crippen LogP contribution in [0.5, 0.6) is 5.75 Å². The predicted octanol–water partition coefficient (Wildman–Crippen LogP) is 4.69. The monoisotopic (exact) mass is 286 g/mol. The van der Waals surface area contributed by atoms with Gasteiger partial charge < -0.3 is 4.74 Å². The number of benzene rings is 1. The van der Waals surface area contributed by atoms with Gasteiger partial charge >= 0.3 is 0 Å². The lowest BCUT2D eigenvalue weighted by Crippen LogP contribution is -2.17. The number of methoxy groups -OCH3 is 1. The third-order valence-corrected chi connectivity index (χ3v) is 5.27. The Morgan fingerprint density at radius 3 is 2.37 bits per heavy atom. The summed E-state index contributed by atoms with van der Waals surface area (Å²) in [5, 5.41) is -0.568. The lowest BCUT2D eigenvalue weighted by Gasteiger charge is -2.27. The second kappa shape index (κ2) is 4.93.